The van der Waals surface area contributed by atoms with Gasteiger partial charge in [-0.3, -0.25) is 9.59 Å². The monoisotopic (exact) mass is 525 g/mol. The molecule has 11 heteroatoms. The van der Waals surface area contributed by atoms with Crippen LogP contribution in [0.15, 0.2) is 60.7 Å². The maximum atomic E-state index is 13.7. The van der Waals surface area contributed by atoms with Gasteiger partial charge in [0.05, 0.1) is 5.94 Å². The van der Waals surface area contributed by atoms with E-state index in [0.717, 1.165) is 11.1 Å². The molecule has 1 heterocycles. The predicted molar refractivity (Wildman–Crippen MR) is 142 cm³/mol. The average molecular weight is 525 g/mol. The fraction of sp³-hybridized carbons (Fsp3) is 0.444. The summed E-state index contributed by atoms with van der Waals surface area (Å²) in [5.41, 5.74) is 1.66. The standard InChI is InChI=1S/C27H36BN3O7/c1-37-17-9-15-24(28(35)36)30-25(32)23-14-8-16-31(23)26(33)22(18-20-10-4-2-5-11-20)29-27(34)38-19-21-12-6-3-7-13-21/h2-7,10-13,22-24,35-36H,8-9,14-19H2,1H3,(H,29,34)(H,30,32)/t22-,23+,24+/m0/s1. The van der Waals surface area contributed by atoms with E-state index >= 15 is 0 Å². The Balaban J connectivity index is 1.69. The molecule has 1 aliphatic rings. The van der Waals surface area contributed by atoms with Crippen molar-refractivity contribution in [3.05, 3.63) is 71.8 Å². The van der Waals surface area contributed by atoms with Gasteiger partial charge in [0.15, 0.2) is 0 Å². The summed E-state index contributed by atoms with van der Waals surface area (Å²) in [6, 6.07) is 16.8. The molecule has 204 valence electrons. The Morgan fingerprint density at radius 3 is 2.32 bits per heavy atom. The largest absolute Gasteiger partial charge is 0.475 e. The average Bonchev–Trinajstić information content (AvgIpc) is 3.42. The highest BCUT2D eigenvalue weighted by Crippen LogP contribution is 2.20. The van der Waals surface area contributed by atoms with Gasteiger partial charge in [-0.25, -0.2) is 4.79 Å². The molecule has 0 radical (unpaired) electrons. The third-order valence-electron chi connectivity index (χ3n) is 6.48. The SMILES string of the molecule is COCCC[C@@H](NC(=O)[C@H]1CCCN1C(=O)[C@H](Cc1ccccc1)NC(=O)OCc1ccccc1)B(O)O. The second kappa shape index (κ2) is 15.1. The van der Waals surface area contributed by atoms with Crippen molar-refractivity contribution in [3.63, 3.8) is 0 Å². The summed E-state index contributed by atoms with van der Waals surface area (Å²) < 4.78 is 10.3. The smallest absolute Gasteiger partial charge is 0.445 e. The molecule has 4 N–H and O–H groups in total. The number of rotatable bonds is 13. The molecule has 38 heavy (non-hydrogen) atoms. The number of carbonyl (C=O) groups excluding carboxylic acids is 3. The predicted octanol–water partition coefficient (Wildman–Crippen LogP) is 1.44. The second-order valence-electron chi connectivity index (χ2n) is 9.30. The molecule has 1 fully saturated rings. The van der Waals surface area contributed by atoms with E-state index in [4.69, 9.17) is 9.47 Å². The number of alkyl carbamates (subject to hydrolysis) is 1. The number of amides is 3. The summed E-state index contributed by atoms with van der Waals surface area (Å²) >= 11 is 0. The number of benzene rings is 2. The minimum Gasteiger partial charge on any atom is -0.445 e. The van der Waals surface area contributed by atoms with Crippen LogP contribution in [0.1, 0.15) is 36.8 Å². The first kappa shape index (κ1) is 29.2. The lowest BCUT2D eigenvalue weighted by atomic mass is 9.76. The van der Waals surface area contributed by atoms with E-state index in [-0.39, 0.29) is 13.0 Å². The Kier molecular flexibility index (Phi) is 11.6. The number of methoxy groups -OCH3 is 1. The van der Waals surface area contributed by atoms with Crippen molar-refractivity contribution < 1.29 is 33.9 Å². The first-order valence-electron chi connectivity index (χ1n) is 12.9. The van der Waals surface area contributed by atoms with E-state index in [1.165, 1.54) is 4.90 Å². The van der Waals surface area contributed by atoms with Crippen LogP contribution in [0.25, 0.3) is 0 Å². The summed E-state index contributed by atoms with van der Waals surface area (Å²) in [7, 11) is -0.198. The third-order valence-corrected chi connectivity index (χ3v) is 6.48. The van der Waals surface area contributed by atoms with Gasteiger partial charge in [0, 0.05) is 26.7 Å². The molecule has 1 saturated heterocycles. The topological polar surface area (TPSA) is 137 Å². The summed E-state index contributed by atoms with van der Waals surface area (Å²) in [6.07, 6.45) is 1.37. The van der Waals surface area contributed by atoms with Gasteiger partial charge in [-0.2, -0.15) is 0 Å². The lowest BCUT2D eigenvalue weighted by molar-refractivity contribution is -0.140. The maximum Gasteiger partial charge on any atom is 0.475 e. The van der Waals surface area contributed by atoms with Crippen molar-refractivity contribution >= 4 is 25.0 Å². The minimum atomic E-state index is -1.74. The second-order valence-corrected chi connectivity index (χ2v) is 9.30. The molecular weight excluding hydrogens is 489 g/mol. The highest BCUT2D eigenvalue weighted by molar-refractivity contribution is 6.43. The molecule has 0 aromatic heterocycles. The van der Waals surface area contributed by atoms with Crippen molar-refractivity contribution in [2.75, 3.05) is 20.3 Å². The van der Waals surface area contributed by atoms with Crippen LogP contribution in [0.2, 0.25) is 0 Å². The van der Waals surface area contributed by atoms with Gasteiger partial charge in [0.2, 0.25) is 11.8 Å². The van der Waals surface area contributed by atoms with Crippen LogP contribution in [0.4, 0.5) is 4.79 Å². The van der Waals surface area contributed by atoms with Crippen LogP contribution < -0.4 is 10.6 Å². The molecule has 2 aromatic carbocycles. The lowest BCUT2D eigenvalue weighted by Crippen LogP contribution is -2.56. The van der Waals surface area contributed by atoms with E-state index in [9.17, 15) is 24.4 Å². The summed E-state index contributed by atoms with van der Waals surface area (Å²) in [6.45, 7) is 0.820. The Morgan fingerprint density at radius 2 is 1.68 bits per heavy atom. The summed E-state index contributed by atoms with van der Waals surface area (Å²) in [4.78, 5) is 40.9. The third kappa shape index (κ3) is 8.86. The molecule has 3 amide bonds. The fourth-order valence-corrected chi connectivity index (χ4v) is 4.48. The van der Waals surface area contributed by atoms with Crippen molar-refractivity contribution in [1.29, 1.82) is 0 Å². The van der Waals surface area contributed by atoms with Crippen molar-refractivity contribution in [2.45, 2.75) is 56.7 Å². The van der Waals surface area contributed by atoms with E-state index < -0.39 is 43.1 Å². The zero-order valence-corrected chi connectivity index (χ0v) is 21.6. The number of carbonyl (C=O) groups is 3. The van der Waals surface area contributed by atoms with Crippen molar-refractivity contribution in [3.8, 4) is 0 Å². The highest BCUT2D eigenvalue weighted by atomic mass is 16.5. The normalized spacial score (nSPS) is 16.4. The first-order chi connectivity index (χ1) is 18.4. The highest BCUT2D eigenvalue weighted by Gasteiger charge is 2.39. The van der Waals surface area contributed by atoms with Gasteiger partial charge in [-0.1, -0.05) is 60.7 Å². The molecule has 3 rings (SSSR count). The molecule has 10 nitrogen and oxygen atoms in total. The quantitative estimate of drug-likeness (QED) is 0.229. The van der Waals surface area contributed by atoms with Gasteiger partial charge < -0.3 is 35.1 Å². The molecule has 2 aromatic rings. The number of ether oxygens (including phenoxy) is 2. The fourth-order valence-electron chi connectivity index (χ4n) is 4.48. The number of likely N-dealkylation sites (tertiary alicyclic amines) is 1. The first-order valence-corrected chi connectivity index (χ1v) is 12.9. The van der Waals surface area contributed by atoms with E-state index in [0.29, 0.717) is 38.8 Å². The number of hydrogen-bond acceptors (Lipinski definition) is 7. The summed E-state index contributed by atoms with van der Waals surface area (Å²) in [5.74, 6) is -1.75. The molecule has 0 aliphatic carbocycles. The number of nitrogens with zero attached hydrogens (tertiary/aromatic N) is 1. The van der Waals surface area contributed by atoms with Crippen LogP contribution >= 0.6 is 0 Å². The van der Waals surface area contributed by atoms with Gasteiger partial charge >= 0.3 is 13.2 Å². The number of nitrogens with one attached hydrogen (secondary N) is 2. The Hall–Kier alpha value is -3.41. The minimum absolute atomic E-state index is 0.0572. The van der Waals surface area contributed by atoms with Gasteiger partial charge in [-0.05, 0) is 36.8 Å². The molecule has 0 saturated carbocycles. The van der Waals surface area contributed by atoms with Crippen molar-refractivity contribution in [2.24, 2.45) is 0 Å². The van der Waals surface area contributed by atoms with E-state index in [1.54, 1.807) is 7.11 Å². The van der Waals surface area contributed by atoms with Crippen LogP contribution in [-0.4, -0.2) is 78.3 Å². The number of hydrogen-bond donors (Lipinski definition) is 4. The van der Waals surface area contributed by atoms with E-state index in [1.807, 2.05) is 60.7 Å². The van der Waals surface area contributed by atoms with Crippen LogP contribution in [0.5, 0.6) is 0 Å². The van der Waals surface area contributed by atoms with Crippen LogP contribution in [-0.2, 0) is 32.1 Å². The molecule has 0 unspecified atom stereocenters. The van der Waals surface area contributed by atoms with Gasteiger partial charge in [0.25, 0.3) is 0 Å². The zero-order chi connectivity index (χ0) is 27.3. The Labute approximate surface area is 223 Å². The Bertz CT molecular complexity index is 1030. The summed E-state index contributed by atoms with van der Waals surface area (Å²) in [5, 5.41) is 24.8. The van der Waals surface area contributed by atoms with Crippen LogP contribution in [0, 0.1) is 0 Å². The van der Waals surface area contributed by atoms with Gasteiger partial charge in [0.1, 0.15) is 18.7 Å². The Morgan fingerprint density at radius 1 is 1.03 bits per heavy atom. The van der Waals surface area contributed by atoms with Crippen LogP contribution in [0.3, 0.4) is 0 Å². The molecular formula is C27H36BN3O7. The maximum absolute atomic E-state index is 13.7. The molecule has 1 aliphatic heterocycles. The molecule has 3 atom stereocenters. The lowest BCUT2D eigenvalue weighted by Gasteiger charge is -2.30. The molecule has 0 bridgehead atoms. The molecule has 0 spiro atoms. The zero-order valence-electron chi connectivity index (χ0n) is 21.6. The van der Waals surface area contributed by atoms with Crippen molar-refractivity contribution in [1.82, 2.24) is 15.5 Å². The van der Waals surface area contributed by atoms with Gasteiger partial charge in [-0.15, -0.1) is 0 Å². The van der Waals surface area contributed by atoms with E-state index in [2.05, 4.69) is 10.6 Å².